The summed E-state index contributed by atoms with van der Waals surface area (Å²) in [5.41, 5.74) is 0. The minimum Gasteiger partial charge on any atom is -0.286 e. The molecule has 0 aromatic rings. The molecule has 0 aromatic carbocycles. The third-order valence-electron chi connectivity index (χ3n) is 7.50. The summed E-state index contributed by atoms with van der Waals surface area (Å²) in [6.45, 7) is 2.27. The van der Waals surface area contributed by atoms with Crippen molar-refractivity contribution in [3.05, 3.63) is 5.92 Å². The Morgan fingerprint density at radius 2 is 1.52 bits per heavy atom. The van der Waals surface area contributed by atoms with Crippen molar-refractivity contribution in [2.45, 2.75) is 109 Å². The SMILES string of the molecule is CCCC1CC[C](C2CCC(C3CCC(OC(F)(F)F)C(F)C3)CC2)CC1. The molecule has 3 unspecified atom stereocenters. The quantitative estimate of drug-likeness (QED) is 0.444. The first kappa shape index (κ1) is 21.4. The Hall–Kier alpha value is -0.320. The summed E-state index contributed by atoms with van der Waals surface area (Å²) in [4.78, 5) is 0. The fourth-order valence-electron chi connectivity index (χ4n) is 6.00. The van der Waals surface area contributed by atoms with E-state index in [0.717, 1.165) is 24.7 Å². The molecule has 3 rings (SSSR count). The molecule has 157 valence electrons. The number of ether oxygens (including phenoxy) is 1. The molecule has 3 saturated carbocycles. The van der Waals surface area contributed by atoms with Gasteiger partial charge in [0.1, 0.15) is 6.17 Å². The maximum absolute atomic E-state index is 14.2. The van der Waals surface area contributed by atoms with E-state index in [-0.39, 0.29) is 18.8 Å². The van der Waals surface area contributed by atoms with Crippen molar-refractivity contribution >= 4 is 0 Å². The summed E-state index contributed by atoms with van der Waals surface area (Å²) in [7, 11) is 0. The topological polar surface area (TPSA) is 9.23 Å². The highest BCUT2D eigenvalue weighted by molar-refractivity contribution is 5.02. The van der Waals surface area contributed by atoms with E-state index in [0.29, 0.717) is 12.3 Å². The first-order chi connectivity index (χ1) is 12.9. The smallest absolute Gasteiger partial charge is 0.286 e. The first-order valence-corrected chi connectivity index (χ1v) is 11.1. The molecule has 0 spiro atoms. The lowest BCUT2D eigenvalue weighted by Gasteiger charge is -2.41. The van der Waals surface area contributed by atoms with Gasteiger partial charge in [-0.15, -0.1) is 13.2 Å². The third kappa shape index (κ3) is 6.08. The highest BCUT2D eigenvalue weighted by Gasteiger charge is 2.42. The zero-order valence-electron chi connectivity index (χ0n) is 16.6. The van der Waals surface area contributed by atoms with Crippen LogP contribution < -0.4 is 0 Å². The largest absolute Gasteiger partial charge is 0.522 e. The van der Waals surface area contributed by atoms with Crippen molar-refractivity contribution < 1.29 is 22.3 Å². The second-order valence-electron chi connectivity index (χ2n) is 9.19. The van der Waals surface area contributed by atoms with Crippen LogP contribution in [0.5, 0.6) is 0 Å². The maximum atomic E-state index is 14.2. The van der Waals surface area contributed by atoms with Crippen LogP contribution in [0, 0.1) is 29.6 Å². The normalized spacial score (nSPS) is 37.4. The third-order valence-corrected chi connectivity index (χ3v) is 7.50. The maximum Gasteiger partial charge on any atom is 0.522 e. The van der Waals surface area contributed by atoms with Crippen LogP contribution in [-0.4, -0.2) is 18.6 Å². The summed E-state index contributed by atoms with van der Waals surface area (Å²) < 4.78 is 55.3. The van der Waals surface area contributed by atoms with Crippen LogP contribution in [0.4, 0.5) is 17.6 Å². The van der Waals surface area contributed by atoms with Gasteiger partial charge >= 0.3 is 6.36 Å². The molecule has 3 atom stereocenters. The summed E-state index contributed by atoms with van der Waals surface area (Å²) in [5, 5.41) is 0. The molecule has 27 heavy (non-hydrogen) atoms. The zero-order valence-corrected chi connectivity index (χ0v) is 16.6. The molecular formula is C22H35F4O. The van der Waals surface area contributed by atoms with Crippen LogP contribution in [0.25, 0.3) is 0 Å². The highest BCUT2D eigenvalue weighted by atomic mass is 19.4. The number of rotatable bonds is 5. The van der Waals surface area contributed by atoms with Gasteiger partial charge in [0.05, 0.1) is 6.10 Å². The lowest BCUT2D eigenvalue weighted by Crippen LogP contribution is -2.39. The lowest BCUT2D eigenvalue weighted by molar-refractivity contribution is -0.352. The number of alkyl halides is 4. The van der Waals surface area contributed by atoms with Gasteiger partial charge in [0.15, 0.2) is 0 Å². The number of hydrogen-bond acceptors (Lipinski definition) is 1. The van der Waals surface area contributed by atoms with Gasteiger partial charge in [0, 0.05) is 0 Å². The summed E-state index contributed by atoms with van der Waals surface area (Å²) >= 11 is 0. The Labute approximate surface area is 161 Å². The lowest BCUT2D eigenvalue weighted by atomic mass is 9.65. The van der Waals surface area contributed by atoms with Gasteiger partial charge in [-0.2, -0.15) is 0 Å². The molecule has 0 bridgehead atoms. The van der Waals surface area contributed by atoms with Crippen molar-refractivity contribution in [3.8, 4) is 0 Å². The minimum atomic E-state index is -4.73. The molecule has 3 aliphatic rings. The van der Waals surface area contributed by atoms with Gasteiger partial charge < -0.3 is 0 Å². The van der Waals surface area contributed by atoms with Crippen molar-refractivity contribution in [1.82, 2.24) is 0 Å². The van der Waals surface area contributed by atoms with Crippen LogP contribution in [-0.2, 0) is 4.74 Å². The molecule has 1 radical (unpaired) electrons. The highest BCUT2D eigenvalue weighted by Crippen LogP contribution is 2.47. The summed E-state index contributed by atoms with van der Waals surface area (Å²) in [6.07, 6.45) is 6.21. The fourth-order valence-corrected chi connectivity index (χ4v) is 6.00. The van der Waals surface area contributed by atoms with Crippen molar-refractivity contribution in [3.63, 3.8) is 0 Å². The van der Waals surface area contributed by atoms with Gasteiger partial charge in [-0.05, 0) is 100 Å². The zero-order chi connectivity index (χ0) is 19.4. The molecule has 0 heterocycles. The van der Waals surface area contributed by atoms with Gasteiger partial charge in [0.25, 0.3) is 0 Å². The Morgan fingerprint density at radius 3 is 2.07 bits per heavy atom. The van der Waals surface area contributed by atoms with E-state index in [1.165, 1.54) is 51.4 Å². The van der Waals surface area contributed by atoms with E-state index in [1.54, 1.807) is 5.92 Å². The monoisotopic (exact) mass is 391 g/mol. The van der Waals surface area contributed by atoms with Crippen LogP contribution in [0.3, 0.4) is 0 Å². The van der Waals surface area contributed by atoms with E-state index in [9.17, 15) is 17.6 Å². The van der Waals surface area contributed by atoms with Crippen LogP contribution in [0.2, 0.25) is 0 Å². The molecule has 0 aliphatic heterocycles. The minimum absolute atomic E-state index is 0.196. The Kier molecular flexibility index (Phi) is 7.49. The molecular weight excluding hydrogens is 356 g/mol. The molecule has 0 N–H and O–H groups in total. The van der Waals surface area contributed by atoms with Crippen molar-refractivity contribution in [2.24, 2.45) is 23.7 Å². The number of halogens is 4. The Morgan fingerprint density at radius 1 is 0.889 bits per heavy atom. The van der Waals surface area contributed by atoms with E-state index in [4.69, 9.17) is 0 Å². The number of hydrogen-bond donors (Lipinski definition) is 0. The first-order valence-electron chi connectivity index (χ1n) is 11.1. The van der Waals surface area contributed by atoms with E-state index >= 15 is 0 Å². The average molecular weight is 392 g/mol. The molecule has 5 heteroatoms. The van der Waals surface area contributed by atoms with Gasteiger partial charge in [-0.1, -0.05) is 19.8 Å². The Bertz CT molecular complexity index is 436. The van der Waals surface area contributed by atoms with Crippen LogP contribution in [0.1, 0.15) is 90.4 Å². The molecule has 1 nitrogen and oxygen atoms in total. The van der Waals surface area contributed by atoms with Crippen LogP contribution >= 0.6 is 0 Å². The van der Waals surface area contributed by atoms with Crippen molar-refractivity contribution in [2.75, 3.05) is 0 Å². The second-order valence-corrected chi connectivity index (χ2v) is 9.19. The fraction of sp³-hybridized carbons (Fsp3) is 0.955. The molecule has 3 fully saturated rings. The van der Waals surface area contributed by atoms with Crippen LogP contribution in [0.15, 0.2) is 0 Å². The van der Waals surface area contributed by atoms with Gasteiger partial charge in [-0.25, -0.2) is 4.39 Å². The average Bonchev–Trinajstić information content (AvgIpc) is 2.63. The summed E-state index contributed by atoms with van der Waals surface area (Å²) in [6, 6.07) is 0. The predicted octanol–water partition coefficient (Wildman–Crippen LogP) is 7.40. The van der Waals surface area contributed by atoms with Crippen molar-refractivity contribution in [1.29, 1.82) is 0 Å². The predicted molar refractivity (Wildman–Crippen MR) is 98.7 cm³/mol. The van der Waals surface area contributed by atoms with Gasteiger partial charge in [-0.3, -0.25) is 4.74 Å². The van der Waals surface area contributed by atoms with E-state index in [2.05, 4.69) is 11.7 Å². The molecule has 0 amide bonds. The molecule has 3 aliphatic carbocycles. The Balaban J connectivity index is 1.40. The second kappa shape index (κ2) is 9.45. The van der Waals surface area contributed by atoms with E-state index in [1.807, 2.05) is 0 Å². The van der Waals surface area contributed by atoms with Gasteiger partial charge in [0.2, 0.25) is 0 Å². The van der Waals surface area contributed by atoms with E-state index < -0.39 is 18.6 Å². The summed E-state index contributed by atoms with van der Waals surface area (Å²) in [5.74, 6) is 4.16. The molecule has 0 saturated heterocycles. The standard InChI is InChI=1S/C22H35F4O/c1-2-3-15-4-6-16(7-5-15)17-8-10-18(11-9-17)19-12-13-21(20(23)14-19)27-22(24,25)26/h15,17-21H,2-14H2,1H3. The molecule has 0 aromatic heterocycles.